The summed E-state index contributed by atoms with van der Waals surface area (Å²) < 4.78 is 0. The fourth-order valence-electron chi connectivity index (χ4n) is 5.06. The minimum absolute atomic E-state index is 0.528. The fraction of sp³-hybridized carbons (Fsp3) is 0.333. The Hall–Kier alpha value is -2.08. The minimum Gasteiger partial charge on any atom is -0.0649 e. The molecule has 2 aromatic carbocycles. The zero-order chi connectivity index (χ0) is 17.0. The smallest absolute Gasteiger partial charge is 0.00893 e. The lowest BCUT2D eigenvalue weighted by Gasteiger charge is -2.30. The molecule has 0 heterocycles. The average Bonchev–Trinajstić information content (AvgIpc) is 3.05. The van der Waals surface area contributed by atoms with Crippen molar-refractivity contribution in [2.75, 3.05) is 0 Å². The van der Waals surface area contributed by atoms with E-state index in [-0.39, 0.29) is 0 Å². The summed E-state index contributed by atoms with van der Waals surface area (Å²) in [5.41, 5.74) is 11.8. The van der Waals surface area contributed by atoms with Crippen molar-refractivity contribution in [3.63, 3.8) is 0 Å². The molecular formula is C24H26. The first-order valence-electron chi connectivity index (χ1n) is 9.04. The number of hydrogen-bond donors (Lipinski definition) is 0. The molecule has 2 unspecified atom stereocenters. The van der Waals surface area contributed by atoms with Gasteiger partial charge in [0, 0.05) is 11.8 Å². The Kier molecular flexibility index (Phi) is 3.53. The normalized spacial score (nSPS) is 22.7. The molecule has 0 radical (unpaired) electrons. The number of hydrogen-bond acceptors (Lipinski definition) is 0. The van der Waals surface area contributed by atoms with Crippen molar-refractivity contribution in [1.82, 2.24) is 0 Å². The van der Waals surface area contributed by atoms with Gasteiger partial charge in [0.25, 0.3) is 0 Å². The Morgan fingerprint density at radius 2 is 1.08 bits per heavy atom. The summed E-state index contributed by atoms with van der Waals surface area (Å²) in [6, 6.07) is 13.6. The maximum atomic E-state index is 2.44. The van der Waals surface area contributed by atoms with Gasteiger partial charge in [0.2, 0.25) is 0 Å². The van der Waals surface area contributed by atoms with E-state index in [0.717, 1.165) is 0 Å². The summed E-state index contributed by atoms with van der Waals surface area (Å²) in [6.45, 7) is 11.5. The quantitative estimate of drug-likeness (QED) is 0.583. The summed E-state index contributed by atoms with van der Waals surface area (Å²) in [5, 5.41) is 0. The van der Waals surface area contributed by atoms with Gasteiger partial charge in [-0.25, -0.2) is 0 Å². The van der Waals surface area contributed by atoms with Crippen molar-refractivity contribution < 1.29 is 0 Å². The van der Waals surface area contributed by atoms with Crippen molar-refractivity contribution in [3.8, 4) is 0 Å². The lowest BCUT2D eigenvalue weighted by atomic mass is 9.73. The Bertz CT molecular complexity index is 805. The van der Waals surface area contributed by atoms with Crippen molar-refractivity contribution in [2.24, 2.45) is 5.92 Å². The molecule has 2 aliphatic rings. The maximum Gasteiger partial charge on any atom is 0.00893 e. The second kappa shape index (κ2) is 5.48. The predicted octanol–water partition coefficient (Wildman–Crippen LogP) is 6.64. The van der Waals surface area contributed by atoms with E-state index in [1.165, 1.54) is 44.5 Å². The zero-order valence-corrected chi connectivity index (χ0v) is 15.4. The summed E-state index contributed by atoms with van der Waals surface area (Å²) in [6.07, 6.45) is 4.83. The van der Waals surface area contributed by atoms with Crippen LogP contribution in [0.2, 0.25) is 0 Å². The molecule has 0 bridgehead atoms. The molecular weight excluding hydrogens is 288 g/mol. The van der Waals surface area contributed by atoms with Crippen LogP contribution in [0.1, 0.15) is 66.0 Å². The van der Waals surface area contributed by atoms with Crippen LogP contribution in [0.15, 0.2) is 47.5 Å². The van der Waals surface area contributed by atoms with Gasteiger partial charge in [-0.05, 0) is 67.0 Å². The minimum atomic E-state index is 0.528. The topological polar surface area (TPSA) is 0 Å². The highest BCUT2D eigenvalue weighted by Gasteiger charge is 2.36. The van der Waals surface area contributed by atoms with Gasteiger partial charge in [0.1, 0.15) is 0 Å². The first-order chi connectivity index (χ1) is 11.5. The van der Waals surface area contributed by atoms with Crippen molar-refractivity contribution in [2.45, 2.75) is 46.5 Å². The van der Waals surface area contributed by atoms with E-state index in [9.17, 15) is 0 Å². The summed E-state index contributed by atoms with van der Waals surface area (Å²) in [7, 11) is 0. The van der Waals surface area contributed by atoms with Gasteiger partial charge in [-0.15, -0.1) is 0 Å². The lowest BCUT2D eigenvalue weighted by molar-refractivity contribution is 0.455. The third-order valence-electron chi connectivity index (χ3n) is 6.16. The molecule has 0 heteroatoms. The highest BCUT2D eigenvalue weighted by atomic mass is 14.4. The van der Waals surface area contributed by atoms with Crippen LogP contribution in [0.25, 0.3) is 12.2 Å². The van der Waals surface area contributed by atoms with E-state index in [1.807, 2.05) is 0 Å². The third kappa shape index (κ3) is 2.13. The average molecular weight is 314 g/mol. The van der Waals surface area contributed by atoms with Gasteiger partial charge in [0.05, 0.1) is 0 Å². The number of benzene rings is 2. The molecule has 0 saturated carbocycles. The molecule has 2 atom stereocenters. The Balaban J connectivity index is 1.79. The fourth-order valence-corrected chi connectivity index (χ4v) is 5.06. The molecule has 0 spiro atoms. The highest BCUT2D eigenvalue weighted by molar-refractivity contribution is 5.71. The number of aryl methyl sites for hydroxylation is 2. The molecule has 0 N–H and O–H groups in total. The number of allylic oxidation sites excluding steroid dienone is 2. The van der Waals surface area contributed by atoms with Crippen molar-refractivity contribution >= 4 is 12.2 Å². The van der Waals surface area contributed by atoms with Crippen LogP contribution in [0.5, 0.6) is 0 Å². The summed E-state index contributed by atoms with van der Waals surface area (Å²) in [4.78, 5) is 0. The van der Waals surface area contributed by atoms with Crippen LogP contribution in [-0.2, 0) is 0 Å². The number of rotatable bonds is 2. The first kappa shape index (κ1) is 15.4. The van der Waals surface area contributed by atoms with Crippen molar-refractivity contribution in [1.29, 1.82) is 0 Å². The van der Waals surface area contributed by atoms with E-state index in [1.54, 1.807) is 0 Å². The van der Waals surface area contributed by atoms with Crippen LogP contribution in [0, 0.1) is 19.8 Å². The zero-order valence-electron chi connectivity index (χ0n) is 15.4. The van der Waals surface area contributed by atoms with Crippen LogP contribution in [0.3, 0.4) is 0 Å². The second-order valence-electron chi connectivity index (χ2n) is 7.75. The molecule has 122 valence electrons. The van der Waals surface area contributed by atoms with Crippen molar-refractivity contribution in [3.05, 3.63) is 80.9 Å². The summed E-state index contributed by atoms with van der Waals surface area (Å²) >= 11 is 0. The van der Waals surface area contributed by atoms with Gasteiger partial charge in [-0.3, -0.25) is 0 Å². The molecule has 0 fully saturated rings. The van der Waals surface area contributed by atoms with Gasteiger partial charge < -0.3 is 0 Å². The van der Waals surface area contributed by atoms with E-state index in [4.69, 9.17) is 0 Å². The molecule has 0 saturated heterocycles. The third-order valence-corrected chi connectivity index (χ3v) is 6.16. The Morgan fingerprint density at radius 1 is 0.667 bits per heavy atom. The largest absolute Gasteiger partial charge is 0.0649 e. The first-order valence-corrected chi connectivity index (χ1v) is 9.04. The molecule has 24 heavy (non-hydrogen) atoms. The molecule has 0 aliphatic heterocycles. The Labute approximate surface area is 145 Å². The molecule has 4 rings (SSSR count). The van der Waals surface area contributed by atoms with E-state index >= 15 is 0 Å². The van der Waals surface area contributed by atoms with E-state index in [0.29, 0.717) is 17.8 Å². The maximum absolute atomic E-state index is 2.44. The molecule has 0 nitrogen and oxygen atoms in total. The van der Waals surface area contributed by atoms with Gasteiger partial charge >= 0.3 is 0 Å². The standard InChI is InChI=1S/C24H26/c1-14-8-6-10-19-21(14)12-16(3)23(19)18(5)24-17(4)13-22-15(2)9-7-11-20(22)24/h6-13,18,23-24H,1-5H3. The molecule has 0 amide bonds. The van der Waals surface area contributed by atoms with E-state index < -0.39 is 0 Å². The van der Waals surface area contributed by atoms with Gasteiger partial charge in [-0.1, -0.05) is 66.6 Å². The van der Waals surface area contributed by atoms with Gasteiger partial charge in [-0.2, -0.15) is 0 Å². The predicted molar refractivity (Wildman–Crippen MR) is 104 cm³/mol. The Morgan fingerprint density at radius 3 is 1.50 bits per heavy atom. The van der Waals surface area contributed by atoms with E-state index in [2.05, 4.69) is 83.2 Å². The van der Waals surface area contributed by atoms with Crippen LogP contribution in [0.4, 0.5) is 0 Å². The number of fused-ring (bicyclic) bond motifs is 2. The second-order valence-corrected chi connectivity index (χ2v) is 7.75. The van der Waals surface area contributed by atoms with Crippen LogP contribution in [-0.4, -0.2) is 0 Å². The molecule has 2 aliphatic carbocycles. The van der Waals surface area contributed by atoms with Crippen LogP contribution < -0.4 is 0 Å². The van der Waals surface area contributed by atoms with Gasteiger partial charge in [0.15, 0.2) is 0 Å². The lowest BCUT2D eigenvalue weighted by Crippen LogP contribution is -2.18. The van der Waals surface area contributed by atoms with Crippen LogP contribution >= 0.6 is 0 Å². The molecule has 0 aromatic heterocycles. The SMILES string of the molecule is CC1=Cc2c(C)cccc2C1C(C)C1C(C)=Cc2c(C)cccc21. The molecule has 2 aromatic rings. The summed E-state index contributed by atoms with van der Waals surface area (Å²) in [5.74, 6) is 1.63. The monoisotopic (exact) mass is 314 g/mol. The highest BCUT2D eigenvalue weighted by Crippen LogP contribution is 2.51.